The normalized spacial score (nSPS) is 12.4. The molecule has 3 aromatic rings. The van der Waals surface area contributed by atoms with Crippen LogP contribution in [0.15, 0.2) is 46.9 Å². The highest BCUT2D eigenvalue weighted by Crippen LogP contribution is 2.41. The van der Waals surface area contributed by atoms with E-state index in [-0.39, 0.29) is 5.82 Å². The summed E-state index contributed by atoms with van der Waals surface area (Å²) in [6.07, 6.45) is 1.60. The highest BCUT2D eigenvalue weighted by molar-refractivity contribution is 7.92. The molecule has 0 spiro atoms. The molecule has 1 N–H and O–H groups in total. The molecule has 0 amide bonds. The molecule has 0 aliphatic heterocycles. The SMILES string of the molecule is CNOc1c(-c2ccc(F)cc2)oc2cc(N(C)[S+](C)[O-])ccc12. The lowest BCUT2D eigenvalue weighted by Crippen LogP contribution is -2.24. The Labute approximate surface area is 142 Å². The van der Waals surface area contributed by atoms with Gasteiger partial charge in [0.25, 0.3) is 0 Å². The lowest BCUT2D eigenvalue weighted by Gasteiger charge is -2.18. The first kappa shape index (κ1) is 16.6. The largest absolute Gasteiger partial charge is 0.593 e. The number of hydrogen-bond acceptors (Lipinski definition) is 5. The van der Waals surface area contributed by atoms with Crippen molar-refractivity contribution in [1.82, 2.24) is 5.48 Å². The fraction of sp³-hybridized carbons (Fsp3) is 0.176. The molecule has 2 aromatic carbocycles. The number of benzene rings is 2. The second-order valence-corrected chi connectivity index (χ2v) is 6.57. The van der Waals surface area contributed by atoms with Gasteiger partial charge in [0.05, 0.1) is 29.5 Å². The molecule has 1 unspecified atom stereocenters. The number of halogens is 1. The summed E-state index contributed by atoms with van der Waals surface area (Å²) in [5.41, 5.74) is 4.70. The van der Waals surface area contributed by atoms with Gasteiger partial charge in [-0.05, 0) is 36.4 Å². The van der Waals surface area contributed by atoms with Crippen LogP contribution < -0.4 is 14.6 Å². The summed E-state index contributed by atoms with van der Waals surface area (Å²) in [4.78, 5) is 5.51. The molecule has 1 heterocycles. The van der Waals surface area contributed by atoms with Gasteiger partial charge in [0.1, 0.15) is 17.7 Å². The second-order valence-electron chi connectivity index (χ2n) is 5.18. The predicted octanol–water partition coefficient (Wildman–Crippen LogP) is 3.48. The van der Waals surface area contributed by atoms with Crippen LogP contribution in [0.2, 0.25) is 0 Å². The summed E-state index contributed by atoms with van der Waals surface area (Å²) in [5, 5.41) is 0.766. The number of anilines is 1. The number of hydroxylamine groups is 1. The summed E-state index contributed by atoms with van der Waals surface area (Å²) < 4.78 is 32.4. The molecule has 0 aliphatic carbocycles. The third-order valence-corrected chi connectivity index (χ3v) is 4.67. The summed E-state index contributed by atoms with van der Waals surface area (Å²) in [5.74, 6) is 0.697. The first-order chi connectivity index (χ1) is 11.5. The lowest BCUT2D eigenvalue weighted by molar-refractivity contribution is 0.226. The van der Waals surface area contributed by atoms with E-state index in [0.29, 0.717) is 22.7 Å². The third-order valence-electron chi connectivity index (χ3n) is 3.69. The average Bonchev–Trinajstić information content (AvgIpc) is 2.93. The van der Waals surface area contributed by atoms with Gasteiger partial charge in [0.15, 0.2) is 5.76 Å². The Bertz CT molecular complexity index is 849. The van der Waals surface area contributed by atoms with Crippen molar-refractivity contribution in [2.24, 2.45) is 0 Å². The van der Waals surface area contributed by atoms with Crippen molar-refractivity contribution in [2.45, 2.75) is 0 Å². The molecule has 1 atom stereocenters. The molecular formula is C17H17FN2O3S. The van der Waals surface area contributed by atoms with Crippen molar-refractivity contribution in [3.05, 3.63) is 48.3 Å². The molecule has 3 rings (SSSR count). The minimum atomic E-state index is -1.14. The Balaban J connectivity index is 2.14. The summed E-state index contributed by atoms with van der Waals surface area (Å²) >= 11 is -1.14. The van der Waals surface area contributed by atoms with E-state index in [1.165, 1.54) is 12.1 Å². The van der Waals surface area contributed by atoms with Gasteiger partial charge in [-0.25, -0.2) is 4.39 Å². The molecule has 0 aliphatic rings. The first-order valence-corrected chi connectivity index (χ1v) is 8.76. The van der Waals surface area contributed by atoms with Gasteiger partial charge >= 0.3 is 0 Å². The standard InChI is InChI=1S/C17H17FN2O3S/c1-19-23-17-14-9-8-13(20(2)24(3)21)10-15(14)22-16(17)11-4-6-12(18)7-5-11/h4-10,19H,1-3H3. The van der Waals surface area contributed by atoms with Crippen molar-refractivity contribution in [3.8, 4) is 17.1 Å². The first-order valence-electron chi connectivity index (χ1n) is 7.24. The number of nitrogens with one attached hydrogen (secondary N) is 1. The molecule has 24 heavy (non-hydrogen) atoms. The van der Waals surface area contributed by atoms with Crippen LogP contribution >= 0.6 is 0 Å². The van der Waals surface area contributed by atoms with Crippen LogP contribution in [-0.4, -0.2) is 24.9 Å². The van der Waals surface area contributed by atoms with Crippen molar-refractivity contribution in [2.75, 3.05) is 24.7 Å². The number of fused-ring (bicyclic) bond motifs is 1. The number of furan rings is 1. The third kappa shape index (κ3) is 3.06. The van der Waals surface area contributed by atoms with E-state index < -0.39 is 11.4 Å². The van der Waals surface area contributed by atoms with E-state index in [1.54, 1.807) is 42.9 Å². The quantitative estimate of drug-likeness (QED) is 0.565. The fourth-order valence-electron chi connectivity index (χ4n) is 2.40. The van der Waals surface area contributed by atoms with Gasteiger partial charge in [0, 0.05) is 18.7 Å². The smallest absolute Gasteiger partial charge is 0.201 e. The van der Waals surface area contributed by atoms with E-state index >= 15 is 0 Å². The molecule has 0 bridgehead atoms. The van der Waals surface area contributed by atoms with Crippen molar-refractivity contribution in [3.63, 3.8) is 0 Å². The monoisotopic (exact) mass is 348 g/mol. The second kappa shape index (κ2) is 6.72. The zero-order chi connectivity index (χ0) is 17.3. The van der Waals surface area contributed by atoms with E-state index in [2.05, 4.69) is 5.48 Å². The Morgan fingerprint density at radius 1 is 1.21 bits per heavy atom. The minimum Gasteiger partial charge on any atom is -0.593 e. The molecule has 126 valence electrons. The Morgan fingerprint density at radius 3 is 2.54 bits per heavy atom. The van der Waals surface area contributed by atoms with Crippen molar-refractivity contribution >= 4 is 28.0 Å². The summed E-state index contributed by atoms with van der Waals surface area (Å²) in [7, 11) is 3.39. The summed E-state index contributed by atoms with van der Waals surface area (Å²) in [6.45, 7) is 0. The molecular weight excluding hydrogens is 331 g/mol. The molecule has 1 aromatic heterocycles. The van der Waals surface area contributed by atoms with Crippen LogP contribution in [0.5, 0.6) is 5.75 Å². The van der Waals surface area contributed by atoms with E-state index in [1.807, 2.05) is 12.1 Å². The Hall–Kier alpha value is -2.22. The maximum Gasteiger partial charge on any atom is 0.201 e. The van der Waals surface area contributed by atoms with E-state index in [9.17, 15) is 8.94 Å². The van der Waals surface area contributed by atoms with Crippen LogP contribution in [0, 0.1) is 5.82 Å². The average molecular weight is 348 g/mol. The maximum absolute atomic E-state index is 13.2. The Kier molecular flexibility index (Phi) is 4.66. The highest BCUT2D eigenvalue weighted by Gasteiger charge is 2.20. The van der Waals surface area contributed by atoms with E-state index in [4.69, 9.17) is 9.25 Å². The molecule has 0 fully saturated rings. The predicted molar refractivity (Wildman–Crippen MR) is 93.8 cm³/mol. The van der Waals surface area contributed by atoms with Crippen molar-refractivity contribution < 1.29 is 18.2 Å². The number of nitrogens with zero attached hydrogens (tertiary/aromatic N) is 1. The number of rotatable bonds is 5. The molecule has 0 radical (unpaired) electrons. The van der Waals surface area contributed by atoms with Gasteiger partial charge in [-0.1, -0.05) is 0 Å². The molecule has 7 heteroatoms. The summed E-state index contributed by atoms with van der Waals surface area (Å²) in [6, 6.07) is 11.5. The van der Waals surface area contributed by atoms with Gasteiger partial charge in [-0.15, -0.1) is 0 Å². The van der Waals surface area contributed by atoms with Gasteiger partial charge in [-0.2, -0.15) is 9.79 Å². The zero-order valence-corrected chi connectivity index (χ0v) is 14.3. The van der Waals surface area contributed by atoms with Gasteiger partial charge in [0.2, 0.25) is 5.75 Å². The van der Waals surface area contributed by atoms with E-state index in [0.717, 1.165) is 11.1 Å². The topological polar surface area (TPSA) is 60.7 Å². The van der Waals surface area contributed by atoms with Crippen LogP contribution in [0.1, 0.15) is 0 Å². The Morgan fingerprint density at radius 2 is 1.92 bits per heavy atom. The molecule has 0 saturated heterocycles. The molecule has 5 nitrogen and oxygen atoms in total. The highest BCUT2D eigenvalue weighted by atomic mass is 32.2. The van der Waals surface area contributed by atoms with Crippen LogP contribution in [-0.2, 0) is 11.4 Å². The molecule has 0 saturated carbocycles. The maximum atomic E-state index is 13.2. The lowest BCUT2D eigenvalue weighted by atomic mass is 10.1. The van der Waals surface area contributed by atoms with Crippen LogP contribution in [0.4, 0.5) is 10.1 Å². The zero-order valence-electron chi connectivity index (χ0n) is 13.5. The van der Waals surface area contributed by atoms with Gasteiger partial charge in [-0.3, -0.25) is 0 Å². The van der Waals surface area contributed by atoms with Crippen LogP contribution in [0.25, 0.3) is 22.3 Å². The van der Waals surface area contributed by atoms with Crippen molar-refractivity contribution in [1.29, 1.82) is 0 Å². The fourth-order valence-corrected chi connectivity index (χ4v) is 2.81. The van der Waals surface area contributed by atoms with Crippen LogP contribution in [0.3, 0.4) is 0 Å². The number of hydrogen-bond donors (Lipinski definition) is 1. The minimum absolute atomic E-state index is 0.319. The van der Waals surface area contributed by atoms with Gasteiger partial charge < -0.3 is 13.8 Å².